The van der Waals surface area contributed by atoms with Crippen LogP contribution in [-0.2, 0) is 23.5 Å². The van der Waals surface area contributed by atoms with Crippen LogP contribution < -0.4 is 10.0 Å². The number of nitrogens with zero attached hydrogens (tertiary/aromatic N) is 2. The molecule has 0 spiro atoms. The lowest BCUT2D eigenvalue weighted by Gasteiger charge is -2.12. The molecule has 0 aliphatic rings. The van der Waals surface area contributed by atoms with E-state index >= 15 is 0 Å². The molecule has 0 aliphatic carbocycles. The average molecular weight is 431 g/mol. The number of carbonyl (C=O) groups is 1. The van der Waals surface area contributed by atoms with Gasteiger partial charge in [0.05, 0.1) is 11.1 Å². The van der Waals surface area contributed by atoms with Crippen molar-refractivity contribution in [2.75, 3.05) is 11.3 Å². The zero-order valence-electron chi connectivity index (χ0n) is 16.7. The van der Waals surface area contributed by atoms with Gasteiger partial charge >= 0.3 is 0 Å². The zero-order valence-corrected chi connectivity index (χ0v) is 17.5. The Hall–Kier alpha value is -3.20. The van der Waals surface area contributed by atoms with Crippen molar-refractivity contribution in [3.05, 3.63) is 77.4 Å². The highest BCUT2D eigenvalue weighted by molar-refractivity contribution is 7.92. The smallest absolute Gasteiger partial charge is 0.261 e. The molecule has 0 saturated heterocycles. The van der Waals surface area contributed by atoms with E-state index in [1.165, 1.54) is 24.3 Å². The maximum atomic E-state index is 13.0. The number of carbonyl (C=O) groups excluding carboxylic acids is 1. The van der Waals surface area contributed by atoms with Gasteiger partial charge in [-0.05, 0) is 67.3 Å². The summed E-state index contributed by atoms with van der Waals surface area (Å²) in [5.41, 5.74) is 2.28. The van der Waals surface area contributed by atoms with Crippen LogP contribution in [0.4, 0.5) is 10.1 Å². The highest BCUT2D eigenvalue weighted by atomic mass is 32.2. The Balaban J connectivity index is 1.65. The Bertz CT molecular complexity index is 1140. The largest absolute Gasteiger partial charge is 0.352 e. The number of nitrogens with one attached hydrogen (secondary N) is 2. The fourth-order valence-electron chi connectivity index (χ4n) is 2.94. The van der Waals surface area contributed by atoms with Gasteiger partial charge in [-0.2, -0.15) is 5.10 Å². The summed E-state index contributed by atoms with van der Waals surface area (Å²) in [6.45, 7) is 2.20. The van der Waals surface area contributed by atoms with Gasteiger partial charge in [-0.15, -0.1) is 0 Å². The number of halogens is 1. The molecule has 0 bridgehead atoms. The van der Waals surface area contributed by atoms with Crippen molar-refractivity contribution < 1.29 is 17.6 Å². The van der Waals surface area contributed by atoms with E-state index in [1.54, 1.807) is 23.9 Å². The van der Waals surface area contributed by atoms with Crippen LogP contribution in [0.1, 0.15) is 27.9 Å². The Morgan fingerprint density at radius 3 is 2.57 bits per heavy atom. The van der Waals surface area contributed by atoms with Crippen molar-refractivity contribution in [1.29, 1.82) is 0 Å². The molecule has 0 unspecified atom stereocenters. The number of benzene rings is 2. The van der Waals surface area contributed by atoms with Crippen LogP contribution >= 0.6 is 0 Å². The minimum absolute atomic E-state index is 0.0436. The third-order valence-corrected chi connectivity index (χ3v) is 5.93. The molecule has 3 aromatic rings. The van der Waals surface area contributed by atoms with Gasteiger partial charge in [0.15, 0.2) is 0 Å². The van der Waals surface area contributed by atoms with Crippen LogP contribution in [0.15, 0.2) is 59.8 Å². The zero-order chi connectivity index (χ0) is 21.7. The standard InChI is InChI=1S/C21H23FN4O3S/c1-15-5-10-19(30(28,29)25-18-8-6-17(22)7-9-18)12-20(15)21(27)23-11-3-4-16-13-24-26(2)14-16/h5-10,12-14,25H,3-4,11H2,1-2H3,(H,23,27). The third kappa shape index (κ3) is 5.44. The maximum Gasteiger partial charge on any atom is 0.261 e. The van der Waals surface area contributed by atoms with Crippen LogP contribution in [0.3, 0.4) is 0 Å². The van der Waals surface area contributed by atoms with Crippen LogP contribution in [0.2, 0.25) is 0 Å². The summed E-state index contributed by atoms with van der Waals surface area (Å²) in [5.74, 6) is -0.798. The highest BCUT2D eigenvalue weighted by Crippen LogP contribution is 2.19. The summed E-state index contributed by atoms with van der Waals surface area (Å²) in [7, 11) is -2.07. The molecule has 3 rings (SSSR count). The maximum absolute atomic E-state index is 13.0. The minimum Gasteiger partial charge on any atom is -0.352 e. The quantitative estimate of drug-likeness (QED) is 0.537. The summed E-state index contributed by atoms with van der Waals surface area (Å²) in [4.78, 5) is 12.5. The number of sulfonamides is 1. The molecular formula is C21H23FN4O3S. The summed E-state index contributed by atoms with van der Waals surface area (Å²) in [6.07, 6.45) is 5.23. The lowest BCUT2D eigenvalue weighted by Crippen LogP contribution is -2.26. The Kier molecular flexibility index (Phi) is 6.51. The molecule has 0 atom stereocenters. The first-order valence-electron chi connectivity index (χ1n) is 9.39. The number of hydrogen-bond donors (Lipinski definition) is 2. The normalized spacial score (nSPS) is 11.3. The van der Waals surface area contributed by atoms with Crippen LogP contribution in [0.5, 0.6) is 0 Å². The van der Waals surface area contributed by atoms with E-state index in [2.05, 4.69) is 15.1 Å². The molecule has 1 heterocycles. The molecule has 9 heteroatoms. The average Bonchev–Trinajstić information content (AvgIpc) is 3.12. The molecule has 2 N–H and O–H groups in total. The van der Waals surface area contributed by atoms with Gasteiger partial charge < -0.3 is 5.32 Å². The minimum atomic E-state index is -3.92. The number of amides is 1. The number of aryl methyl sites for hydroxylation is 3. The predicted molar refractivity (Wildman–Crippen MR) is 112 cm³/mol. The van der Waals surface area contributed by atoms with Crippen LogP contribution in [0.25, 0.3) is 0 Å². The second kappa shape index (κ2) is 9.08. The Morgan fingerprint density at radius 1 is 1.17 bits per heavy atom. The van der Waals surface area contributed by atoms with Gasteiger partial charge in [0, 0.05) is 31.0 Å². The van der Waals surface area contributed by atoms with Crippen LogP contribution in [-0.4, -0.2) is 30.7 Å². The van der Waals surface area contributed by atoms with Gasteiger partial charge in [-0.3, -0.25) is 14.2 Å². The van der Waals surface area contributed by atoms with E-state index in [1.807, 2.05) is 13.2 Å². The van der Waals surface area contributed by atoms with Gasteiger partial charge in [0.1, 0.15) is 5.82 Å². The summed E-state index contributed by atoms with van der Waals surface area (Å²) in [5, 5.41) is 6.93. The van der Waals surface area contributed by atoms with Gasteiger partial charge in [0.25, 0.3) is 15.9 Å². The van der Waals surface area contributed by atoms with Gasteiger partial charge in [0.2, 0.25) is 0 Å². The number of aromatic nitrogens is 2. The van der Waals surface area contributed by atoms with E-state index in [4.69, 9.17) is 0 Å². The summed E-state index contributed by atoms with van der Waals surface area (Å²) in [6, 6.07) is 9.35. The van der Waals surface area contributed by atoms with E-state index < -0.39 is 15.8 Å². The molecule has 7 nitrogen and oxygen atoms in total. The lowest BCUT2D eigenvalue weighted by molar-refractivity contribution is 0.0952. The number of hydrogen-bond acceptors (Lipinski definition) is 4. The highest BCUT2D eigenvalue weighted by Gasteiger charge is 2.18. The Labute approximate surface area is 175 Å². The molecule has 0 fully saturated rings. The van der Waals surface area contributed by atoms with Crippen LogP contribution in [0, 0.1) is 12.7 Å². The van der Waals surface area contributed by atoms with Crippen molar-refractivity contribution in [3.63, 3.8) is 0 Å². The first-order valence-corrected chi connectivity index (χ1v) is 10.9. The van der Waals surface area contributed by atoms with Crippen molar-refractivity contribution in [3.8, 4) is 0 Å². The molecule has 0 aliphatic heterocycles. The fraction of sp³-hybridized carbons (Fsp3) is 0.238. The first kappa shape index (κ1) is 21.5. The van der Waals surface area contributed by atoms with Gasteiger partial charge in [-0.25, -0.2) is 12.8 Å². The third-order valence-electron chi connectivity index (χ3n) is 4.55. The fourth-order valence-corrected chi connectivity index (χ4v) is 4.02. The molecule has 1 amide bonds. The molecule has 2 aromatic carbocycles. The van der Waals surface area contributed by atoms with E-state index in [9.17, 15) is 17.6 Å². The van der Waals surface area contributed by atoms with Crippen molar-refractivity contribution in [1.82, 2.24) is 15.1 Å². The number of anilines is 1. The predicted octanol–water partition coefficient (Wildman–Crippen LogP) is 3.03. The van der Waals surface area contributed by atoms with E-state index in [0.29, 0.717) is 17.7 Å². The van der Waals surface area contributed by atoms with E-state index in [-0.39, 0.29) is 16.5 Å². The Morgan fingerprint density at radius 2 is 1.90 bits per heavy atom. The summed E-state index contributed by atoms with van der Waals surface area (Å²) >= 11 is 0. The van der Waals surface area contributed by atoms with Crippen molar-refractivity contribution in [2.24, 2.45) is 7.05 Å². The second-order valence-corrected chi connectivity index (χ2v) is 8.65. The molecule has 0 radical (unpaired) electrons. The summed E-state index contributed by atoms with van der Waals surface area (Å²) < 4.78 is 42.4. The second-order valence-electron chi connectivity index (χ2n) is 6.97. The molecule has 158 valence electrons. The number of rotatable bonds is 8. The van der Waals surface area contributed by atoms with Crippen molar-refractivity contribution >= 4 is 21.6 Å². The molecule has 30 heavy (non-hydrogen) atoms. The first-order chi connectivity index (χ1) is 14.2. The lowest BCUT2D eigenvalue weighted by atomic mass is 10.1. The molecular weight excluding hydrogens is 407 g/mol. The van der Waals surface area contributed by atoms with E-state index in [0.717, 1.165) is 30.5 Å². The molecule has 1 aromatic heterocycles. The van der Waals surface area contributed by atoms with Gasteiger partial charge in [-0.1, -0.05) is 6.07 Å². The SMILES string of the molecule is Cc1ccc(S(=O)(=O)Nc2ccc(F)cc2)cc1C(=O)NCCCc1cnn(C)c1. The topological polar surface area (TPSA) is 93.1 Å². The molecule has 0 saturated carbocycles. The monoisotopic (exact) mass is 430 g/mol. The van der Waals surface area contributed by atoms with Crippen molar-refractivity contribution in [2.45, 2.75) is 24.7 Å².